The average molecular weight is 277 g/mol. The lowest BCUT2D eigenvalue weighted by molar-refractivity contribution is -0.140. The minimum Gasteiger partial charge on any atom is -0.481 e. The summed E-state index contributed by atoms with van der Waals surface area (Å²) in [4.78, 5) is 13.3. The third kappa shape index (κ3) is 5.24. The van der Waals surface area contributed by atoms with Crippen LogP contribution >= 0.6 is 0 Å². The number of rotatable bonds is 8. The number of aryl methyl sites for hydroxylation is 2. The van der Waals surface area contributed by atoms with Crippen molar-refractivity contribution in [2.45, 2.75) is 47.0 Å². The van der Waals surface area contributed by atoms with Gasteiger partial charge in [-0.2, -0.15) is 0 Å². The van der Waals surface area contributed by atoms with Crippen LogP contribution in [0.25, 0.3) is 0 Å². The van der Waals surface area contributed by atoms with Crippen LogP contribution < -0.4 is 4.90 Å². The number of benzene rings is 1. The summed E-state index contributed by atoms with van der Waals surface area (Å²) in [5, 5.41) is 9.13. The molecule has 0 aliphatic heterocycles. The van der Waals surface area contributed by atoms with Gasteiger partial charge in [0.25, 0.3) is 0 Å². The number of aliphatic carboxylic acids is 1. The molecule has 1 aromatic carbocycles. The predicted molar refractivity (Wildman–Crippen MR) is 84.5 cm³/mol. The fourth-order valence-corrected chi connectivity index (χ4v) is 2.42. The lowest BCUT2D eigenvalue weighted by Gasteiger charge is -2.27. The molecule has 1 unspecified atom stereocenters. The molecule has 112 valence electrons. The lowest BCUT2D eigenvalue weighted by Crippen LogP contribution is -2.32. The van der Waals surface area contributed by atoms with Crippen molar-refractivity contribution in [2.24, 2.45) is 5.92 Å². The summed E-state index contributed by atoms with van der Waals surface area (Å²) in [6, 6.07) is 6.44. The van der Waals surface area contributed by atoms with Gasteiger partial charge in [0.1, 0.15) is 0 Å². The molecule has 20 heavy (non-hydrogen) atoms. The molecule has 0 bridgehead atoms. The van der Waals surface area contributed by atoms with E-state index in [0.29, 0.717) is 6.54 Å². The van der Waals surface area contributed by atoms with Gasteiger partial charge in [0, 0.05) is 18.8 Å². The van der Waals surface area contributed by atoms with E-state index < -0.39 is 5.97 Å². The molecule has 0 aliphatic carbocycles. The van der Waals surface area contributed by atoms with Crippen LogP contribution in [-0.4, -0.2) is 24.2 Å². The number of hydrogen-bond donors (Lipinski definition) is 1. The summed E-state index contributed by atoms with van der Waals surface area (Å²) in [5.74, 6) is -1.08. The number of nitrogens with zero attached hydrogens (tertiary/aromatic N) is 1. The third-order valence-electron chi connectivity index (χ3n) is 3.52. The van der Waals surface area contributed by atoms with E-state index in [9.17, 15) is 4.79 Å². The van der Waals surface area contributed by atoms with Crippen LogP contribution in [0.1, 0.15) is 44.2 Å². The first-order valence-electron chi connectivity index (χ1n) is 7.50. The summed E-state index contributed by atoms with van der Waals surface area (Å²) in [7, 11) is 0. The molecule has 0 amide bonds. The molecule has 1 rings (SSSR count). The van der Waals surface area contributed by atoms with Gasteiger partial charge in [0.15, 0.2) is 0 Å². The molecule has 0 spiro atoms. The van der Waals surface area contributed by atoms with Gasteiger partial charge >= 0.3 is 5.97 Å². The van der Waals surface area contributed by atoms with Crippen molar-refractivity contribution in [3.05, 3.63) is 29.3 Å². The normalized spacial score (nSPS) is 12.2. The fraction of sp³-hybridized carbons (Fsp3) is 0.588. The Balaban J connectivity index is 2.87. The smallest absolute Gasteiger partial charge is 0.308 e. The van der Waals surface area contributed by atoms with Gasteiger partial charge in [-0.1, -0.05) is 32.8 Å². The van der Waals surface area contributed by atoms with Crippen molar-refractivity contribution < 1.29 is 9.90 Å². The maximum Gasteiger partial charge on any atom is 0.308 e. The Kier molecular flexibility index (Phi) is 6.56. The average Bonchev–Trinajstić information content (AvgIpc) is 2.36. The monoisotopic (exact) mass is 277 g/mol. The number of carbonyl (C=O) groups is 1. The number of carboxylic acids is 1. The van der Waals surface area contributed by atoms with Crippen molar-refractivity contribution >= 4 is 11.7 Å². The van der Waals surface area contributed by atoms with Crippen LogP contribution in [0.5, 0.6) is 0 Å². The van der Waals surface area contributed by atoms with Gasteiger partial charge in [-0.15, -0.1) is 0 Å². The molecule has 1 aromatic rings. The van der Waals surface area contributed by atoms with Gasteiger partial charge in [0.05, 0.1) is 5.92 Å². The Hall–Kier alpha value is -1.51. The van der Waals surface area contributed by atoms with E-state index >= 15 is 0 Å². The quantitative estimate of drug-likeness (QED) is 0.730. The molecule has 3 nitrogen and oxygen atoms in total. The van der Waals surface area contributed by atoms with E-state index in [-0.39, 0.29) is 5.92 Å². The highest BCUT2D eigenvalue weighted by molar-refractivity contribution is 5.70. The zero-order chi connectivity index (χ0) is 15.1. The lowest BCUT2D eigenvalue weighted by atomic mass is 10.1. The van der Waals surface area contributed by atoms with Crippen LogP contribution in [0.2, 0.25) is 0 Å². The summed E-state index contributed by atoms with van der Waals surface area (Å²) < 4.78 is 0. The SMILES string of the molecule is CCCCCN(CC(C)C(=O)O)c1cc(C)cc(C)c1. The molecule has 3 heteroatoms. The minimum absolute atomic E-state index is 0.350. The number of unbranched alkanes of at least 4 members (excludes halogenated alkanes) is 2. The number of hydrogen-bond acceptors (Lipinski definition) is 2. The second-order valence-corrected chi connectivity index (χ2v) is 5.74. The Morgan fingerprint density at radius 2 is 1.80 bits per heavy atom. The molecular weight excluding hydrogens is 250 g/mol. The van der Waals surface area contributed by atoms with E-state index in [1.165, 1.54) is 24.0 Å². The molecule has 1 N–H and O–H groups in total. The second-order valence-electron chi connectivity index (χ2n) is 5.74. The van der Waals surface area contributed by atoms with Crippen molar-refractivity contribution in [1.29, 1.82) is 0 Å². The van der Waals surface area contributed by atoms with E-state index in [1.54, 1.807) is 6.92 Å². The van der Waals surface area contributed by atoms with Crippen LogP contribution in [0.3, 0.4) is 0 Å². The molecule has 0 heterocycles. The highest BCUT2D eigenvalue weighted by atomic mass is 16.4. The first-order valence-corrected chi connectivity index (χ1v) is 7.50. The van der Waals surface area contributed by atoms with Gasteiger partial charge in [-0.3, -0.25) is 4.79 Å². The molecule has 0 fully saturated rings. The molecule has 1 atom stereocenters. The standard InChI is InChI=1S/C17H27NO2/c1-5-6-7-8-18(12-15(4)17(19)20)16-10-13(2)9-14(3)11-16/h9-11,15H,5-8,12H2,1-4H3,(H,19,20). The van der Waals surface area contributed by atoms with Crippen LogP contribution in [0.15, 0.2) is 18.2 Å². The molecule has 0 aliphatic rings. The van der Waals surface area contributed by atoms with Gasteiger partial charge in [-0.25, -0.2) is 0 Å². The number of carboxylic acid groups (broad SMARTS) is 1. The van der Waals surface area contributed by atoms with E-state index in [1.807, 2.05) is 0 Å². The maximum atomic E-state index is 11.1. The fourth-order valence-electron chi connectivity index (χ4n) is 2.42. The zero-order valence-corrected chi connectivity index (χ0v) is 13.1. The summed E-state index contributed by atoms with van der Waals surface area (Å²) >= 11 is 0. The minimum atomic E-state index is -0.727. The van der Waals surface area contributed by atoms with Crippen molar-refractivity contribution in [3.63, 3.8) is 0 Å². The first-order chi connectivity index (χ1) is 9.43. The van der Waals surface area contributed by atoms with Crippen LogP contribution in [-0.2, 0) is 4.79 Å². The molecule has 0 radical (unpaired) electrons. The maximum absolute atomic E-state index is 11.1. The van der Waals surface area contributed by atoms with Gasteiger partial charge < -0.3 is 10.0 Å². The third-order valence-corrected chi connectivity index (χ3v) is 3.52. The molecular formula is C17H27NO2. The van der Waals surface area contributed by atoms with E-state index in [4.69, 9.17) is 5.11 Å². The largest absolute Gasteiger partial charge is 0.481 e. The zero-order valence-electron chi connectivity index (χ0n) is 13.1. The van der Waals surface area contributed by atoms with Crippen molar-refractivity contribution in [2.75, 3.05) is 18.0 Å². The molecule has 0 saturated carbocycles. The second kappa shape index (κ2) is 7.93. The highest BCUT2D eigenvalue weighted by Crippen LogP contribution is 2.21. The van der Waals surface area contributed by atoms with Crippen molar-refractivity contribution in [3.8, 4) is 0 Å². The number of anilines is 1. The Labute approximate surface area is 122 Å². The van der Waals surface area contributed by atoms with Crippen molar-refractivity contribution in [1.82, 2.24) is 0 Å². The highest BCUT2D eigenvalue weighted by Gasteiger charge is 2.16. The Morgan fingerprint density at radius 1 is 1.20 bits per heavy atom. The first kappa shape index (κ1) is 16.5. The predicted octanol–water partition coefficient (Wildman–Crippen LogP) is 4.02. The van der Waals surface area contributed by atoms with E-state index in [2.05, 4.69) is 43.9 Å². The summed E-state index contributed by atoms with van der Waals surface area (Å²) in [6.07, 6.45) is 3.47. The van der Waals surface area contributed by atoms with Crippen LogP contribution in [0, 0.1) is 19.8 Å². The Morgan fingerprint density at radius 3 is 2.30 bits per heavy atom. The van der Waals surface area contributed by atoms with Gasteiger partial charge in [-0.05, 0) is 43.5 Å². The molecule has 0 saturated heterocycles. The van der Waals surface area contributed by atoms with Gasteiger partial charge in [0.2, 0.25) is 0 Å². The van der Waals surface area contributed by atoms with Crippen LogP contribution in [0.4, 0.5) is 5.69 Å². The summed E-state index contributed by atoms with van der Waals surface area (Å²) in [6.45, 7) is 9.62. The molecule has 0 aromatic heterocycles. The Bertz CT molecular complexity index is 422. The topological polar surface area (TPSA) is 40.5 Å². The van der Waals surface area contributed by atoms with E-state index in [0.717, 1.165) is 18.7 Å². The summed E-state index contributed by atoms with van der Waals surface area (Å²) in [5.41, 5.74) is 3.60.